The predicted octanol–water partition coefficient (Wildman–Crippen LogP) is 7.27. The van der Waals surface area contributed by atoms with Crippen LogP contribution in [0.2, 0.25) is 5.02 Å². The fourth-order valence-corrected chi connectivity index (χ4v) is 7.98. The van der Waals surface area contributed by atoms with Gasteiger partial charge in [0.1, 0.15) is 18.4 Å². The lowest BCUT2D eigenvalue weighted by atomic mass is 9.90. The van der Waals surface area contributed by atoms with Crippen LogP contribution in [0.3, 0.4) is 0 Å². The van der Waals surface area contributed by atoms with Crippen molar-refractivity contribution < 1.29 is 19.0 Å². The molecule has 5 aromatic rings. The smallest absolute Gasteiger partial charge is 0.271 e. The summed E-state index contributed by atoms with van der Waals surface area (Å²) in [6.45, 7) is 7.01. The third-order valence-electron chi connectivity index (χ3n) is 8.61. The van der Waals surface area contributed by atoms with Gasteiger partial charge in [-0.25, -0.2) is 4.99 Å². The zero-order valence-corrected chi connectivity index (χ0v) is 30.9. The number of fused-ring (bicyclic) bond motifs is 2. The Hall–Kier alpha value is -4.38. The molecule has 8 nitrogen and oxygen atoms in total. The molecule has 11 heteroatoms. The number of benzene rings is 4. The van der Waals surface area contributed by atoms with E-state index >= 15 is 0 Å². The molecule has 0 fully saturated rings. The van der Waals surface area contributed by atoms with E-state index in [0.717, 1.165) is 21.9 Å². The van der Waals surface area contributed by atoms with Gasteiger partial charge in [-0.2, -0.15) is 0 Å². The Morgan fingerprint density at radius 1 is 1.02 bits per heavy atom. The lowest BCUT2D eigenvalue weighted by Gasteiger charge is -2.30. The van der Waals surface area contributed by atoms with Crippen LogP contribution in [0.25, 0.3) is 16.8 Å². The van der Waals surface area contributed by atoms with E-state index in [9.17, 15) is 9.59 Å². The van der Waals surface area contributed by atoms with E-state index in [2.05, 4.69) is 15.9 Å². The van der Waals surface area contributed by atoms with Gasteiger partial charge in [-0.15, -0.1) is 0 Å². The van der Waals surface area contributed by atoms with E-state index in [1.165, 1.54) is 11.3 Å². The number of carbonyl (C=O) groups excluding carboxylic acids is 1. The van der Waals surface area contributed by atoms with Crippen LogP contribution in [-0.2, 0) is 11.4 Å². The monoisotopic (exact) mass is 759 g/mol. The maximum absolute atomic E-state index is 14.5. The number of ether oxygens (including phenoxy) is 3. The van der Waals surface area contributed by atoms with Crippen molar-refractivity contribution in [1.29, 1.82) is 0 Å². The van der Waals surface area contributed by atoms with Crippen LogP contribution in [-0.4, -0.2) is 42.7 Å². The van der Waals surface area contributed by atoms with E-state index in [4.69, 9.17) is 30.8 Å². The first-order chi connectivity index (χ1) is 23.7. The lowest BCUT2D eigenvalue weighted by Crippen LogP contribution is -2.43. The molecule has 1 atom stereocenters. The van der Waals surface area contributed by atoms with E-state index in [1.54, 1.807) is 29.8 Å². The maximum atomic E-state index is 14.5. The number of amides is 1. The van der Waals surface area contributed by atoms with Crippen molar-refractivity contribution in [3.8, 4) is 17.2 Å². The van der Waals surface area contributed by atoms with Crippen LogP contribution >= 0.6 is 38.9 Å². The minimum atomic E-state index is -0.769. The molecule has 1 aliphatic rings. The minimum absolute atomic E-state index is 0.165. The molecule has 0 N–H and O–H groups in total. The standard InChI is InChI=1S/C38H35BrClN3O5S/c1-6-42(7-2)37(45)32-22(3)41-38-43(34(32)33-26-14-10-8-12-24(26)16-17-29(33)46-4)36(44)31(49-38)20-23-18-27(39)35(30(19-23)47-5)48-21-25-13-9-11-15-28(25)40/h8-20,34H,6-7,21H2,1-5H3/b31-20+/t34-/m1/s1. The molecule has 0 saturated heterocycles. The number of aromatic nitrogens is 1. The topological polar surface area (TPSA) is 82.4 Å². The van der Waals surface area contributed by atoms with Crippen LogP contribution in [0.4, 0.5) is 0 Å². The molecule has 49 heavy (non-hydrogen) atoms. The lowest BCUT2D eigenvalue weighted by molar-refractivity contribution is -0.127. The highest BCUT2D eigenvalue weighted by Crippen LogP contribution is 2.41. The molecule has 252 valence electrons. The Kier molecular flexibility index (Phi) is 10.3. The SMILES string of the molecule is CCN(CC)C(=O)C1=C(C)N=c2s/c(=C/c3cc(Br)c(OCc4ccccc4Cl)c(OC)c3)c(=O)n2[C@H]1c1c(OC)ccc2ccccc12. The second kappa shape index (κ2) is 14.6. The van der Waals surface area contributed by atoms with Gasteiger partial charge in [0.25, 0.3) is 11.5 Å². The number of methoxy groups -OCH3 is 2. The molecule has 1 aliphatic heterocycles. The van der Waals surface area contributed by atoms with Gasteiger partial charge >= 0.3 is 0 Å². The Morgan fingerprint density at radius 2 is 1.73 bits per heavy atom. The van der Waals surface area contributed by atoms with Gasteiger partial charge in [0, 0.05) is 29.2 Å². The number of thiazole rings is 1. The number of allylic oxidation sites excluding steroid dienone is 1. The molecule has 6 rings (SSSR count). The van der Waals surface area contributed by atoms with Crippen molar-refractivity contribution >= 4 is 61.6 Å². The van der Waals surface area contributed by atoms with Crippen LogP contribution in [0.5, 0.6) is 17.2 Å². The van der Waals surface area contributed by atoms with Crippen molar-refractivity contribution in [3.05, 3.63) is 130 Å². The highest BCUT2D eigenvalue weighted by atomic mass is 79.9. The molecule has 0 aliphatic carbocycles. The van der Waals surface area contributed by atoms with Crippen molar-refractivity contribution in [3.63, 3.8) is 0 Å². The molecule has 0 unspecified atom stereocenters. The van der Waals surface area contributed by atoms with Crippen LogP contribution in [0.15, 0.2) is 98.3 Å². The molecule has 2 heterocycles. The number of nitrogens with zero attached hydrogens (tertiary/aromatic N) is 3. The number of carbonyl (C=O) groups is 1. The first-order valence-electron chi connectivity index (χ1n) is 15.8. The Balaban J connectivity index is 1.52. The van der Waals surface area contributed by atoms with Crippen LogP contribution in [0, 0.1) is 0 Å². The van der Waals surface area contributed by atoms with Crippen LogP contribution < -0.4 is 29.1 Å². The second-order valence-electron chi connectivity index (χ2n) is 11.4. The first-order valence-corrected chi connectivity index (χ1v) is 17.8. The van der Waals surface area contributed by atoms with Gasteiger partial charge < -0.3 is 19.1 Å². The molecule has 0 bridgehead atoms. The summed E-state index contributed by atoms with van der Waals surface area (Å²) in [4.78, 5) is 35.9. The molecule has 1 amide bonds. The zero-order valence-electron chi connectivity index (χ0n) is 27.8. The Bertz CT molecular complexity index is 2290. The summed E-state index contributed by atoms with van der Waals surface area (Å²) in [5.41, 5.74) is 3.04. The highest BCUT2D eigenvalue weighted by Gasteiger charge is 2.36. The number of rotatable bonds is 10. The Morgan fingerprint density at radius 3 is 2.45 bits per heavy atom. The fraction of sp³-hybridized carbons (Fsp3) is 0.237. The van der Waals surface area contributed by atoms with Gasteiger partial charge in [-0.1, -0.05) is 71.5 Å². The molecule has 4 aromatic carbocycles. The Labute approximate surface area is 301 Å². The molecule has 1 aromatic heterocycles. The van der Waals surface area contributed by atoms with Crippen molar-refractivity contribution in [2.45, 2.75) is 33.4 Å². The number of hydrogen-bond acceptors (Lipinski definition) is 7. The van der Waals surface area contributed by atoms with Gasteiger partial charge in [-0.3, -0.25) is 14.2 Å². The summed E-state index contributed by atoms with van der Waals surface area (Å²) in [5, 5.41) is 2.47. The number of likely N-dealkylation sites (N-methyl/N-ethyl adjacent to an activating group) is 1. The van der Waals surface area contributed by atoms with E-state index in [1.807, 2.05) is 93.6 Å². The molecular weight excluding hydrogens is 726 g/mol. The van der Waals surface area contributed by atoms with Gasteiger partial charge in [0.2, 0.25) is 0 Å². The van der Waals surface area contributed by atoms with E-state index in [0.29, 0.717) is 66.0 Å². The third-order valence-corrected chi connectivity index (χ3v) is 10.5. The molecule has 0 radical (unpaired) electrons. The summed E-state index contributed by atoms with van der Waals surface area (Å²) in [6.07, 6.45) is 1.80. The molecule has 0 saturated carbocycles. The van der Waals surface area contributed by atoms with Gasteiger partial charge in [-0.05, 0) is 83.4 Å². The normalized spacial score (nSPS) is 14.4. The summed E-state index contributed by atoms with van der Waals surface area (Å²) < 4.78 is 20.5. The van der Waals surface area contributed by atoms with Crippen molar-refractivity contribution in [1.82, 2.24) is 9.47 Å². The summed E-state index contributed by atoms with van der Waals surface area (Å²) in [5.74, 6) is 1.42. The summed E-state index contributed by atoms with van der Waals surface area (Å²) in [7, 11) is 3.17. The van der Waals surface area contributed by atoms with Crippen molar-refractivity contribution in [2.24, 2.45) is 4.99 Å². The summed E-state index contributed by atoms with van der Waals surface area (Å²) >= 11 is 11.2. The van der Waals surface area contributed by atoms with Gasteiger partial charge in [0.15, 0.2) is 16.3 Å². The van der Waals surface area contributed by atoms with E-state index < -0.39 is 6.04 Å². The minimum Gasteiger partial charge on any atom is -0.496 e. The number of hydrogen-bond donors (Lipinski definition) is 0. The van der Waals surface area contributed by atoms with Gasteiger partial charge in [0.05, 0.1) is 34.5 Å². The van der Waals surface area contributed by atoms with Crippen molar-refractivity contribution in [2.75, 3.05) is 27.3 Å². The van der Waals surface area contributed by atoms with E-state index in [-0.39, 0.29) is 18.1 Å². The number of halogens is 2. The zero-order chi connectivity index (χ0) is 34.8. The fourth-order valence-electron chi connectivity index (χ4n) is 6.16. The summed E-state index contributed by atoms with van der Waals surface area (Å²) in [6, 6.07) is 22.2. The molecule has 0 spiro atoms. The molecular formula is C38H35BrClN3O5S. The highest BCUT2D eigenvalue weighted by molar-refractivity contribution is 9.10. The third kappa shape index (κ3) is 6.52. The first kappa shape index (κ1) is 34.5. The van der Waals surface area contributed by atoms with Crippen LogP contribution in [0.1, 0.15) is 43.5 Å². The largest absolute Gasteiger partial charge is 0.496 e. The quantitative estimate of drug-likeness (QED) is 0.150. The predicted molar refractivity (Wildman–Crippen MR) is 199 cm³/mol. The average molecular weight is 761 g/mol. The average Bonchev–Trinajstić information content (AvgIpc) is 3.40. The second-order valence-corrected chi connectivity index (χ2v) is 13.6. The maximum Gasteiger partial charge on any atom is 0.271 e.